The first-order valence-corrected chi connectivity index (χ1v) is 24.1. The van der Waals surface area contributed by atoms with Crippen molar-refractivity contribution >= 4 is 57.0 Å². The Morgan fingerprint density at radius 2 is 1.24 bits per heavy atom. The molecule has 0 bridgehead atoms. The zero-order valence-electron chi connectivity index (χ0n) is 41.4. The number of para-hydroxylation sites is 3. The summed E-state index contributed by atoms with van der Waals surface area (Å²) in [6, 6.07) is 57.1. The van der Waals surface area contributed by atoms with Crippen LogP contribution in [0.1, 0.15) is 90.1 Å². The van der Waals surface area contributed by atoms with E-state index in [0.717, 1.165) is 61.6 Å². The van der Waals surface area contributed by atoms with E-state index in [2.05, 4.69) is 252 Å². The summed E-state index contributed by atoms with van der Waals surface area (Å²) in [5.74, 6) is 6.78. The van der Waals surface area contributed by atoms with Crippen LogP contribution in [-0.2, 0) is 37.3 Å². The molecule has 0 spiro atoms. The van der Waals surface area contributed by atoms with Crippen LogP contribution in [0.4, 0.5) is 17.1 Å². The van der Waals surface area contributed by atoms with Crippen molar-refractivity contribution in [2.45, 2.75) is 78.6 Å². The van der Waals surface area contributed by atoms with Crippen LogP contribution in [0, 0.1) is 18.8 Å². The average molecular weight is 1090 g/mol. The van der Waals surface area contributed by atoms with E-state index in [0.29, 0.717) is 11.5 Å². The van der Waals surface area contributed by atoms with Gasteiger partial charge in [-0.1, -0.05) is 165 Å². The predicted octanol–water partition coefficient (Wildman–Crippen LogP) is 15.5. The van der Waals surface area contributed by atoms with Gasteiger partial charge in [0.25, 0.3) is 0 Å². The molecule has 0 saturated carbocycles. The molecule has 5 heterocycles. The van der Waals surface area contributed by atoms with Crippen LogP contribution in [0.5, 0.6) is 11.5 Å². The van der Waals surface area contributed by atoms with E-state index in [-0.39, 0.29) is 44.2 Å². The fourth-order valence-corrected chi connectivity index (χ4v) is 9.79. The first-order valence-electron chi connectivity index (χ1n) is 24.1. The normalized spacial score (nSPS) is 14.8. The van der Waals surface area contributed by atoms with Gasteiger partial charge in [-0.15, -0.1) is 48.1 Å². The van der Waals surface area contributed by atoms with Gasteiger partial charge in [-0.3, -0.25) is 0 Å². The van der Waals surface area contributed by atoms with E-state index < -0.39 is 0 Å². The number of ether oxygens (including phenoxy) is 1. The third-order valence-electron chi connectivity index (χ3n) is 13.6. The Balaban J connectivity index is 0.00000567. The number of nitrogens with zero attached hydrogens (tertiary/aromatic N) is 5. The summed E-state index contributed by atoms with van der Waals surface area (Å²) in [5, 5.41) is 2.23. The Morgan fingerprint density at radius 3 is 1.97 bits per heavy atom. The summed E-state index contributed by atoms with van der Waals surface area (Å²) >= 11 is 0. The van der Waals surface area contributed by atoms with E-state index in [4.69, 9.17) is 9.72 Å². The molecule has 70 heavy (non-hydrogen) atoms. The second-order valence-electron chi connectivity index (χ2n) is 21.5. The van der Waals surface area contributed by atoms with Crippen molar-refractivity contribution in [3.05, 3.63) is 228 Å². The molecule has 11 rings (SSSR count). The third-order valence-corrected chi connectivity index (χ3v) is 13.6. The molecule has 0 N–H and O–H groups in total. The molecule has 3 aliphatic heterocycles. The summed E-state index contributed by atoms with van der Waals surface area (Å²) in [6.45, 7) is 22.8. The van der Waals surface area contributed by atoms with Crippen molar-refractivity contribution in [3.63, 3.8) is 0 Å². The molecule has 0 atom stereocenters. The second kappa shape index (κ2) is 17.9. The molecule has 2 aromatic heterocycles. The summed E-state index contributed by atoms with van der Waals surface area (Å²) in [7, 11) is 0. The van der Waals surface area contributed by atoms with Gasteiger partial charge in [0.05, 0.1) is 5.70 Å². The second-order valence-corrected chi connectivity index (χ2v) is 21.5. The fraction of sp³-hybridized carbons (Fsp3) is 0.194. The van der Waals surface area contributed by atoms with Crippen LogP contribution in [0.25, 0.3) is 38.9 Å². The number of pyridine rings is 1. The first kappa shape index (κ1) is 46.9. The topological polar surface area (TPSA) is 36.8 Å². The van der Waals surface area contributed by atoms with Crippen LogP contribution < -0.4 is 14.5 Å². The van der Waals surface area contributed by atoms with Crippen LogP contribution in [0.3, 0.4) is 0 Å². The standard InChI is InChI=1S/C62H57BN5O.Pt/c1-60(2,3)44-30-32-64-57(37-44)68-53-25-14-13-24-50(53)51-29-28-49(39-56(51)68)69-48-23-19-22-47(38-48)65-41-66(55-27-16-15-26-54(55)65)59-52(43-34-45(61(4,5)6)36-46(35-43)62(7,8)9)40-63-31-17-18-33-67(63)58(59)42-20-11-10-12-21-42;/h10-37,40-41H,1-9H3;/q-3;. The molecule has 8 aromatic rings. The minimum Gasteiger partial charge on any atom is -0.509 e. The van der Waals surface area contributed by atoms with Crippen LogP contribution >= 0.6 is 0 Å². The molecular weight excluding hydrogens is 1040 g/mol. The molecule has 6 aromatic carbocycles. The smallest absolute Gasteiger partial charge is 0.313 e. The molecule has 6 nitrogen and oxygen atoms in total. The average Bonchev–Trinajstić information content (AvgIpc) is 3.89. The third kappa shape index (κ3) is 8.53. The number of allylic oxidation sites excluding steroid dienone is 3. The quantitative estimate of drug-likeness (QED) is 0.117. The maximum Gasteiger partial charge on any atom is 0.313 e. The number of benzene rings is 6. The van der Waals surface area contributed by atoms with Gasteiger partial charge in [0, 0.05) is 61.3 Å². The largest absolute Gasteiger partial charge is 0.509 e. The Kier molecular flexibility index (Phi) is 12.0. The number of rotatable bonds is 7. The van der Waals surface area contributed by atoms with Gasteiger partial charge in [0.1, 0.15) is 5.82 Å². The monoisotopic (exact) mass is 1090 g/mol. The van der Waals surface area contributed by atoms with Gasteiger partial charge in [0.2, 0.25) is 0 Å². The van der Waals surface area contributed by atoms with Crippen molar-refractivity contribution < 1.29 is 25.8 Å². The molecule has 8 heteroatoms. The maximum atomic E-state index is 6.73. The minimum absolute atomic E-state index is 0. The van der Waals surface area contributed by atoms with Crippen molar-refractivity contribution in [2.24, 2.45) is 0 Å². The number of anilines is 3. The number of aromatic nitrogens is 2. The van der Waals surface area contributed by atoms with Gasteiger partial charge >= 0.3 is 6.85 Å². The summed E-state index contributed by atoms with van der Waals surface area (Å²) in [5.41, 5.74) is 14.4. The summed E-state index contributed by atoms with van der Waals surface area (Å²) < 4.78 is 8.93. The van der Waals surface area contributed by atoms with Crippen LogP contribution in [0.2, 0.25) is 0 Å². The van der Waals surface area contributed by atoms with Gasteiger partial charge in [-0.05, 0) is 97.6 Å². The van der Waals surface area contributed by atoms with Crippen molar-refractivity contribution in [1.29, 1.82) is 0 Å². The fourth-order valence-electron chi connectivity index (χ4n) is 9.79. The zero-order chi connectivity index (χ0) is 47.8. The molecule has 0 aliphatic carbocycles. The summed E-state index contributed by atoms with van der Waals surface area (Å²) in [4.78, 5) is 11.9. The van der Waals surface area contributed by atoms with E-state index >= 15 is 0 Å². The number of hydrogen-bond donors (Lipinski definition) is 0. The molecule has 0 saturated heterocycles. The van der Waals surface area contributed by atoms with Crippen LogP contribution in [-0.4, -0.2) is 21.2 Å². The Morgan fingerprint density at radius 1 is 0.571 bits per heavy atom. The van der Waals surface area contributed by atoms with E-state index in [1.807, 2.05) is 24.4 Å². The molecule has 0 unspecified atom stereocenters. The Labute approximate surface area is 428 Å². The van der Waals surface area contributed by atoms with Gasteiger partial charge in [-0.2, -0.15) is 12.1 Å². The van der Waals surface area contributed by atoms with E-state index in [1.165, 1.54) is 27.8 Å². The molecule has 0 fully saturated rings. The Bertz CT molecular complexity index is 3400. The number of hydrogen-bond acceptors (Lipinski definition) is 5. The zero-order valence-corrected chi connectivity index (χ0v) is 43.6. The summed E-state index contributed by atoms with van der Waals surface area (Å²) in [6.07, 6.45) is 8.42. The van der Waals surface area contributed by atoms with E-state index in [1.54, 1.807) is 0 Å². The molecule has 0 radical (unpaired) electrons. The van der Waals surface area contributed by atoms with Gasteiger partial charge < -0.3 is 23.9 Å². The molecule has 0 amide bonds. The first-order chi connectivity index (χ1) is 33.1. The van der Waals surface area contributed by atoms with Crippen molar-refractivity contribution in [1.82, 2.24) is 14.4 Å². The SMILES string of the molecule is CC(C)(C)c1cc(C2=CB3C=CC=CN3C(c3ccccc3)=C2N2[CH-]N(c3[c-]c(Oc4[c-]c5c(cc4)c4ccccc4n5-c4cc(C(C)(C)C)ccn4)ccc3)c3ccccc32)cc(C(C)(C)C)c1.[Pt]. The molecular formula is C62H57BN5OPt-3. The van der Waals surface area contributed by atoms with E-state index in [9.17, 15) is 0 Å². The molecule has 3 aliphatic rings. The Hall–Kier alpha value is -6.82. The number of fused-ring (bicyclic) bond motifs is 5. The predicted molar refractivity (Wildman–Crippen MR) is 288 cm³/mol. The van der Waals surface area contributed by atoms with Crippen molar-refractivity contribution in [3.8, 4) is 17.3 Å². The van der Waals surface area contributed by atoms with Gasteiger partial charge in [-0.25, -0.2) is 4.98 Å². The van der Waals surface area contributed by atoms with Gasteiger partial charge in [0.15, 0.2) is 0 Å². The molecule has 352 valence electrons. The minimum atomic E-state index is -0.0554. The maximum absolute atomic E-state index is 6.73. The van der Waals surface area contributed by atoms with Crippen molar-refractivity contribution in [2.75, 3.05) is 9.80 Å². The van der Waals surface area contributed by atoms with Crippen LogP contribution in [0.15, 0.2) is 182 Å².